The van der Waals surface area contributed by atoms with E-state index in [4.69, 9.17) is 14.2 Å². The van der Waals surface area contributed by atoms with E-state index < -0.39 is 5.92 Å². The van der Waals surface area contributed by atoms with E-state index in [0.717, 1.165) is 5.70 Å². The van der Waals surface area contributed by atoms with E-state index in [0.29, 0.717) is 58.3 Å². The second-order valence-corrected chi connectivity index (χ2v) is 9.72. The van der Waals surface area contributed by atoms with E-state index in [1.807, 2.05) is 30.3 Å². The molecular weight excluding hydrogens is 446 g/mol. The van der Waals surface area contributed by atoms with E-state index in [1.54, 1.807) is 33.5 Å². The van der Waals surface area contributed by atoms with Crippen molar-refractivity contribution in [3.63, 3.8) is 0 Å². The lowest BCUT2D eigenvalue weighted by Crippen LogP contribution is -2.35. The highest BCUT2D eigenvalue weighted by atomic mass is 16.5. The fourth-order valence-electron chi connectivity index (χ4n) is 5.24. The van der Waals surface area contributed by atoms with E-state index in [-0.39, 0.29) is 16.8 Å². The van der Waals surface area contributed by atoms with Crippen LogP contribution in [0.4, 0.5) is 5.82 Å². The summed E-state index contributed by atoms with van der Waals surface area (Å²) in [5.41, 5.74) is 2.83. The summed E-state index contributed by atoms with van der Waals surface area (Å²) in [7, 11) is 4.67. The van der Waals surface area contributed by atoms with Gasteiger partial charge in [0.05, 0.1) is 38.5 Å². The number of Topliss-reactive ketones (excluding diaryl/α,β-unsaturated/α-hetero) is 1. The Morgan fingerprint density at radius 3 is 2.23 bits per heavy atom. The minimum Gasteiger partial charge on any atom is -0.496 e. The zero-order chi connectivity index (χ0) is 24.9. The highest BCUT2D eigenvalue weighted by Gasteiger charge is 2.44. The summed E-state index contributed by atoms with van der Waals surface area (Å²) < 4.78 is 18.3. The molecule has 1 aliphatic heterocycles. The summed E-state index contributed by atoms with van der Waals surface area (Å²) >= 11 is 0. The summed E-state index contributed by atoms with van der Waals surface area (Å²) in [4.78, 5) is 27.4. The van der Waals surface area contributed by atoms with Crippen molar-refractivity contribution in [2.75, 3.05) is 26.6 Å². The molecular formula is C27H29N3O5. The van der Waals surface area contributed by atoms with Crippen LogP contribution in [0.15, 0.2) is 58.5 Å². The Balaban J connectivity index is 1.80. The van der Waals surface area contributed by atoms with Gasteiger partial charge in [-0.3, -0.25) is 14.7 Å². The molecule has 8 heteroatoms. The number of hydrogen-bond acceptors (Lipinski definition) is 6. The molecule has 1 atom stereocenters. The maximum absolute atomic E-state index is 13.8. The highest BCUT2D eigenvalue weighted by Crippen LogP contribution is 2.51. The van der Waals surface area contributed by atoms with Crippen molar-refractivity contribution >= 4 is 11.6 Å². The number of anilines is 1. The normalized spacial score (nSPS) is 18.4. The Morgan fingerprint density at radius 2 is 1.57 bits per heavy atom. The SMILES string of the molecule is COc1cc(OC)c(C2C3=C(CC(C)(C)CC3=O)Nc3[nH]n(-c4ccccc4)c(=O)c32)cc1OC. The van der Waals surface area contributed by atoms with Crippen molar-refractivity contribution in [1.82, 2.24) is 9.78 Å². The van der Waals surface area contributed by atoms with Crippen LogP contribution in [0.3, 0.4) is 0 Å². The van der Waals surface area contributed by atoms with Gasteiger partial charge in [-0.15, -0.1) is 0 Å². The molecule has 35 heavy (non-hydrogen) atoms. The predicted molar refractivity (Wildman–Crippen MR) is 133 cm³/mol. The molecule has 0 amide bonds. The number of para-hydroxylation sites is 1. The molecule has 5 rings (SSSR count). The third-order valence-corrected chi connectivity index (χ3v) is 6.76. The number of carbonyl (C=O) groups is 1. The van der Waals surface area contributed by atoms with Crippen LogP contribution in [0.25, 0.3) is 5.69 Å². The lowest BCUT2D eigenvalue weighted by molar-refractivity contribution is -0.118. The van der Waals surface area contributed by atoms with Gasteiger partial charge in [-0.25, -0.2) is 4.68 Å². The lowest BCUT2D eigenvalue weighted by Gasteiger charge is -2.38. The second kappa shape index (κ2) is 8.37. The molecule has 1 aromatic heterocycles. The number of aromatic amines is 1. The minimum absolute atomic E-state index is 0.0168. The Morgan fingerprint density at radius 1 is 0.914 bits per heavy atom. The van der Waals surface area contributed by atoms with Gasteiger partial charge in [-0.1, -0.05) is 32.0 Å². The number of nitrogens with zero attached hydrogens (tertiary/aromatic N) is 1. The van der Waals surface area contributed by atoms with Crippen LogP contribution >= 0.6 is 0 Å². The molecule has 8 nitrogen and oxygen atoms in total. The number of nitrogens with one attached hydrogen (secondary N) is 2. The van der Waals surface area contributed by atoms with Crippen LogP contribution in [0.1, 0.15) is 43.7 Å². The number of fused-ring (bicyclic) bond motifs is 1. The standard InChI is InChI=1S/C27H29N3O5/c1-27(2)13-17-23(18(31)14-27)22(16-11-20(34-4)21(35-5)12-19(16)33-3)24-25(28-17)29-30(26(24)32)15-9-7-6-8-10-15/h6-12,22,28-29H,13-14H2,1-5H3. The molecule has 1 unspecified atom stereocenters. The van der Waals surface area contributed by atoms with Crippen molar-refractivity contribution in [2.45, 2.75) is 32.6 Å². The number of ketones is 1. The number of carbonyl (C=O) groups excluding carboxylic acids is 1. The maximum Gasteiger partial charge on any atom is 0.277 e. The van der Waals surface area contributed by atoms with Gasteiger partial charge in [0, 0.05) is 29.3 Å². The van der Waals surface area contributed by atoms with Crippen LogP contribution in [0.5, 0.6) is 17.2 Å². The number of allylic oxidation sites excluding steroid dienone is 2. The van der Waals surface area contributed by atoms with Gasteiger partial charge >= 0.3 is 0 Å². The Bertz CT molecular complexity index is 1400. The van der Waals surface area contributed by atoms with Crippen LogP contribution in [-0.2, 0) is 4.79 Å². The van der Waals surface area contributed by atoms with E-state index >= 15 is 0 Å². The van der Waals surface area contributed by atoms with Crippen molar-refractivity contribution < 1.29 is 19.0 Å². The molecule has 2 heterocycles. The summed E-state index contributed by atoms with van der Waals surface area (Å²) in [6.45, 7) is 4.16. The van der Waals surface area contributed by atoms with Gasteiger partial charge in [-0.05, 0) is 30.0 Å². The number of H-pyrrole nitrogens is 1. The Kier molecular flexibility index (Phi) is 5.46. The molecule has 0 saturated carbocycles. The first-order chi connectivity index (χ1) is 16.8. The fourth-order valence-corrected chi connectivity index (χ4v) is 5.24. The van der Waals surface area contributed by atoms with Gasteiger partial charge in [0.1, 0.15) is 11.6 Å². The number of hydrogen-bond donors (Lipinski definition) is 2. The van der Waals surface area contributed by atoms with Crippen LogP contribution in [0.2, 0.25) is 0 Å². The van der Waals surface area contributed by atoms with E-state index in [9.17, 15) is 9.59 Å². The molecule has 0 radical (unpaired) electrons. The van der Waals surface area contributed by atoms with Crippen molar-refractivity contribution in [3.8, 4) is 22.9 Å². The average molecular weight is 476 g/mol. The van der Waals surface area contributed by atoms with Crippen molar-refractivity contribution in [2.24, 2.45) is 5.41 Å². The quantitative estimate of drug-likeness (QED) is 0.568. The molecule has 0 spiro atoms. The predicted octanol–water partition coefficient (Wildman–Crippen LogP) is 4.39. The van der Waals surface area contributed by atoms with Gasteiger partial charge < -0.3 is 19.5 Å². The number of aromatic nitrogens is 2. The van der Waals surface area contributed by atoms with Gasteiger partial charge in [0.2, 0.25) is 0 Å². The summed E-state index contributed by atoms with van der Waals surface area (Å²) in [5, 5.41) is 6.62. The summed E-state index contributed by atoms with van der Waals surface area (Å²) in [6.07, 6.45) is 1.07. The molecule has 182 valence electrons. The number of rotatable bonds is 5. The first kappa shape index (κ1) is 22.8. The number of benzene rings is 2. The third kappa shape index (κ3) is 3.69. The zero-order valence-electron chi connectivity index (χ0n) is 20.5. The molecule has 0 saturated heterocycles. The molecule has 0 fully saturated rings. The minimum atomic E-state index is -0.631. The van der Waals surface area contributed by atoms with Crippen LogP contribution < -0.4 is 25.1 Å². The average Bonchev–Trinajstić information content (AvgIpc) is 3.17. The number of ether oxygens (including phenoxy) is 3. The van der Waals surface area contributed by atoms with E-state index in [2.05, 4.69) is 24.3 Å². The highest BCUT2D eigenvalue weighted by molar-refractivity contribution is 6.01. The van der Waals surface area contributed by atoms with Gasteiger partial charge in [-0.2, -0.15) is 0 Å². The lowest BCUT2D eigenvalue weighted by atomic mass is 9.69. The van der Waals surface area contributed by atoms with Crippen LogP contribution in [-0.4, -0.2) is 36.9 Å². The third-order valence-electron chi connectivity index (χ3n) is 6.76. The van der Waals surface area contributed by atoms with E-state index in [1.165, 1.54) is 4.68 Å². The monoisotopic (exact) mass is 475 g/mol. The molecule has 1 aliphatic carbocycles. The van der Waals surface area contributed by atoms with Crippen molar-refractivity contribution in [3.05, 3.63) is 75.2 Å². The largest absolute Gasteiger partial charge is 0.496 e. The zero-order valence-corrected chi connectivity index (χ0v) is 20.5. The molecule has 2 aliphatic rings. The molecule has 3 aromatic rings. The van der Waals surface area contributed by atoms with Crippen molar-refractivity contribution in [1.29, 1.82) is 0 Å². The maximum atomic E-state index is 13.8. The van der Waals surface area contributed by atoms with Crippen LogP contribution in [0, 0.1) is 5.41 Å². The Hall–Kier alpha value is -3.94. The Labute approximate surface area is 203 Å². The number of methoxy groups -OCH3 is 3. The molecule has 2 aromatic carbocycles. The topological polar surface area (TPSA) is 94.6 Å². The van der Waals surface area contributed by atoms with Gasteiger partial charge in [0.15, 0.2) is 17.3 Å². The summed E-state index contributed by atoms with van der Waals surface area (Å²) in [6, 6.07) is 12.9. The first-order valence-electron chi connectivity index (χ1n) is 11.5. The second-order valence-electron chi connectivity index (χ2n) is 9.72. The first-order valence-corrected chi connectivity index (χ1v) is 11.5. The molecule has 2 N–H and O–H groups in total. The van der Waals surface area contributed by atoms with Gasteiger partial charge in [0.25, 0.3) is 5.56 Å². The smallest absolute Gasteiger partial charge is 0.277 e. The molecule has 0 bridgehead atoms. The summed E-state index contributed by atoms with van der Waals surface area (Å²) in [5.74, 6) is 1.47. The fraction of sp³-hybridized carbons (Fsp3) is 0.333.